The highest BCUT2D eigenvalue weighted by molar-refractivity contribution is 7.12. The van der Waals surface area contributed by atoms with Crippen LogP contribution in [-0.4, -0.2) is 34.2 Å². The largest absolute Gasteiger partial charge is 0.479 e. The fourth-order valence-electron chi connectivity index (χ4n) is 1.28. The smallest absolute Gasteiger partial charge is 0.337 e. The maximum Gasteiger partial charge on any atom is 0.337 e. The summed E-state index contributed by atoms with van der Waals surface area (Å²) in [6.45, 7) is 4.53. The summed E-state index contributed by atoms with van der Waals surface area (Å²) in [5.74, 6) is -1.73. The standard InChI is InChI=1S/C11H15NO4S/c1-6-4-8(7(2)17-6)9(13)12-5-11(3,16)10(14)15/h4,16H,5H2,1-3H3,(H,12,13)(H,14,15). The number of amides is 1. The van der Waals surface area contributed by atoms with Gasteiger partial charge in [-0.1, -0.05) is 0 Å². The second-order valence-electron chi connectivity index (χ2n) is 4.09. The molecule has 0 aliphatic carbocycles. The van der Waals surface area contributed by atoms with E-state index < -0.39 is 11.6 Å². The Morgan fingerprint density at radius 2 is 2.06 bits per heavy atom. The lowest BCUT2D eigenvalue weighted by Crippen LogP contribution is -2.46. The van der Waals surface area contributed by atoms with Gasteiger partial charge in [-0.2, -0.15) is 0 Å². The summed E-state index contributed by atoms with van der Waals surface area (Å²) in [7, 11) is 0. The summed E-state index contributed by atoms with van der Waals surface area (Å²) < 4.78 is 0. The third kappa shape index (κ3) is 3.28. The predicted molar refractivity (Wildman–Crippen MR) is 64.4 cm³/mol. The highest BCUT2D eigenvalue weighted by Gasteiger charge is 2.30. The number of aliphatic hydroxyl groups is 1. The molecule has 0 aliphatic rings. The molecular formula is C11H15NO4S. The van der Waals surface area contributed by atoms with Crippen LogP contribution in [0.15, 0.2) is 6.07 Å². The highest BCUT2D eigenvalue weighted by atomic mass is 32.1. The lowest BCUT2D eigenvalue weighted by Gasteiger charge is -2.18. The SMILES string of the molecule is Cc1cc(C(=O)NCC(C)(O)C(=O)O)c(C)s1. The summed E-state index contributed by atoms with van der Waals surface area (Å²) in [5, 5.41) is 20.5. The van der Waals surface area contributed by atoms with Gasteiger partial charge in [0.15, 0.2) is 5.60 Å². The molecule has 1 atom stereocenters. The topological polar surface area (TPSA) is 86.6 Å². The van der Waals surface area contributed by atoms with Crippen molar-refractivity contribution in [3.05, 3.63) is 21.4 Å². The summed E-state index contributed by atoms with van der Waals surface area (Å²) in [5.41, 5.74) is -1.43. The number of thiophene rings is 1. The van der Waals surface area contributed by atoms with Crippen LogP contribution >= 0.6 is 11.3 Å². The highest BCUT2D eigenvalue weighted by Crippen LogP contribution is 2.20. The number of aliphatic carboxylic acids is 1. The molecule has 0 aromatic carbocycles. The van der Waals surface area contributed by atoms with Crippen LogP contribution in [0.2, 0.25) is 0 Å². The fraction of sp³-hybridized carbons (Fsp3) is 0.455. The molecule has 5 nitrogen and oxygen atoms in total. The molecule has 1 aromatic heterocycles. The number of rotatable bonds is 4. The van der Waals surface area contributed by atoms with Gasteiger partial charge in [-0.15, -0.1) is 11.3 Å². The van der Waals surface area contributed by atoms with Gasteiger partial charge in [0.05, 0.1) is 12.1 Å². The quantitative estimate of drug-likeness (QED) is 0.749. The minimum atomic E-state index is -1.95. The molecule has 1 amide bonds. The van der Waals surface area contributed by atoms with Gasteiger partial charge in [0.1, 0.15) is 0 Å². The first-order valence-electron chi connectivity index (χ1n) is 5.05. The van der Waals surface area contributed by atoms with Crippen LogP contribution in [0, 0.1) is 13.8 Å². The number of carbonyl (C=O) groups is 2. The Labute approximate surface area is 103 Å². The van der Waals surface area contributed by atoms with Gasteiger partial charge in [-0.05, 0) is 26.8 Å². The van der Waals surface area contributed by atoms with E-state index >= 15 is 0 Å². The first kappa shape index (κ1) is 13.7. The predicted octanol–water partition coefficient (Wildman–Crippen LogP) is 0.930. The Morgan fingerprint density at radius 3 is 2.47 bits per heavy atom. The molecule has 0 saturated carbocycles. The average molecular weight is 257 g/mol. The molecule has 0 spiro atoms. The summed E-state index contributed by atoms with van der Waals surface area (Å²) in [4.78, 5) is 24.3. The Morgan fingerprint density at radius 1 is 1.47 bits per heavy atom. The lowest BCUT2D eigenvalue weighted by molar-refractivity contribution is -0.155. The van der Waals surface area contributed by atoms with Crippen molar-refractivity contribution in [2.45, 2.75) is 26.4 Å². The number of hydrogen-bond acceptors (Lipinski definition) is 4. The Bertz CT molecular complexity index is 450. The Hall–Kier alpha value is -1.40. The molecule has 1 aromatic rings. The maximum absolute atomic E-state index is 11.7. The van der Waals surface area contributed by atoms with Crippen LogP contribution in [0.3, 0.4) is 0 Å². The molecule has 6 heteroatoms. The van der Waals surface area contributed by atoms with Crippen molar-refractivity contribution in [1.29, 1.82) is 0 Å². The number of carboxylic acid groups (broad SMARTS) is 1. The molecule has 1 rings (SSSR count). The van der Waals surface area contributed by atoms with E-state index in [4.69, 9.17) is 5.11 Å². The van der Waals surface area contributed by atoms with E-state index in [1.165, 1.54) is 11.3 Å². The molecule has 1 unspecified atom stereocenters. The third-order valence-electron chi connectivity index (χ3n) is 2.34. The minimum Gasteiger partial charge on any atom is -0.479 e. The zero-order chi connectivity index (χ0) is 13.2. The van der Waals surface area contributed by atoms with Gasteiger partial charge in [-0.3, -0.25) is 4.79 Å². The number of carbonyl (C=O) groups excluding carboxylic acids is 1. The number of carboxylic acids is 1. The molecule has 0 saturated heterocycles. The molecule has 17 heavy (non-hydrogen) atoms. The lowest BCUT2D eigenvalue weighted by atomic mass is 10.1. The summed E-state index contributed by atoms with van der Waals surface area (Å²) in [6.07, 6.45) is 0. The van der Waals surface area contributed by atoms with Crippen LogP contribution in [0.1, 0.15) is 27.0 Å². The summed E-state index contributed by atoms with van der Waals surface area (Å²) in [6, 6.07) is 1.74. The molecule has 1 heterocycles. The first-order valence-corrected chi connectivity index (χ1v) is 5.86. The van der Waals surface area contributed by atoms with Crippen molar-refractivity contribution in [2.75, 3.05) is 6.54 Å². The van der Waals surface area contributed by atoms with Crippen LogP contribution in [0.25, 0.3) is 0 Å². The third-order valence-corrected chi connectivity index (χ3v) is 3.31. The van der Waals surface area contributed by atoms with Crippen LogP contribution in [-0.2, 0) is 4.79 Å². The molecule has 0 aliphatic heterocycles. The van der Waals surface area contributed by atoms with Crippen molar-refractivity contribution in [3.8, 4) is 0 Å². The van der Waals surface area contributed by atoms with Crippen molar-refractivity contribution in [3.63, 3.8) is 0 Å². The molecule has 0 bridgehead atoms. The second-order valence-corrected chi connectivity index (χ2v) is 5.55. The Balaban J connectivity index is 2.68. The maximum atomic E-state index is 11.7. The van der Waals surface area contributed by atoms with Gasteiger partial charge >= 0.3 is 5.97 Å². The van der Waals surface area contributed by atoms with E-state index in [-0.39, 0.29) is 12.5 Å². The van der Waals surface area contributed by atoms with E-state index in [2.05, 4.69) is 5.32 Å². The Kier molecular flexibility index (Phi) is 3.90. The molecule has 94 valence electrons. The molecule has 0 fully saturated rings. The van der Waals surface area contributed by atoms with Gasteiger partial charge in [0.2, 0.25) is 0 Å². The summed E-state index contributed by atoms with van der Waals surface area (Å²) >= 11 is 1.50. The van der Waals surface area contributed by atoms with Crippen LogP contribution in [0.5, 0.6) is 0 Å². The van der Waals surface area contributed by atoms with Gasteiger partial charge in [0, 0.05) is 9.75 Å². The first-order chi connectivity index (χ1) is 7.74. The number of aryl methyl sites for hydroxylation is 2. The fourth-order valence-corrected chi connectivity index (χ4v) is 2.20. The van der Waals surface area contributed by atoms with Gasteiger partial charge in [0.25, 0.3) is 5.91 Å². The van der Waals surface area contributed by atoms with E-state index in [9.17, 15) is 14.7 Å². The van der Waals surface area contributed by atoms with Crippen molar-refractivity contribution >= 4 is 23.2 Å². The number of nitrogens with one attached hydrogen (secondary N) is 1. The average Bonchev–Trinajstić information content (AvgIpc) is 2.54. The van der Waals surface area contributed by atoms with Crippen molar-refractivity contribution in [1.82, 2.24) is 5.32 Å². The van der Waals surface area contributed by atoms with Crippen LogP contribution in [0.4, 0.5) is 0 Å². The van der Waals surface area contributed by atoms with E-state index in [0.29, 0.717) is 5.56 Å². The van der Waals surface area contributed by atoms with Gasteiger partial charge in [-0.25, -0.2) is 4.79 Å². The van der Waals surface area contributed by atoms with Gasteiger partial charge < -0.3 is 15.5 Å². The molecular weight excluding hydrogens is 242 g/mol. The zero-order valence-electron chi connectivity index (χ0n) is 9.90. The minimum absolute atomic E-state index is 0.324. The van der Waals surface area contributed by atoms with Crippen molar-refractivity contribution < 1.29 is 19.8 Å². The van der Waals surface area contributed by atoms with E-state index in [1.54, 1.807) is 6.07 Å². The monoisotopic (exact) mass is 257 g/mol. The molecule has 0 radical (unpaired) electrons. The second kappa shape index (κ2) is 4.85. The van der Waals surface area contributed by atoms with E-state index in [1.807, 2.05) is 13.8 Å². The van der Waals surface area contributed by atoms with Crippen molar-refractivity contribution in [2.24, 2.45) is 0 Å². The van der Waals surface area contributed by atoms with Crippen LogP contribution < -0.4 is 5.32 Å². The zero-order valence-corrected chi connectivity index (χ0v) is 10.7. The molecule has 3 N–H and O–H groups in total. The van der Waals surface area contributed by atoms with E-state index in [0.717, 1.165) is 16.7 Å². The number of hydrogen-bond donors (Lipinski definition) is 3. The normalized spacial score (nSPS) is 14.1.